The number of carbonyl (C=O) groups excluding carboxylic acids is 1. The van der Waals surface area contributed by atoms with E-state index < -0.39 is 0 Å². The van der Waals surface area contributed by atoms with Crippen molar-refractivity contribution in [1.29, 1.82) is 0 Å². The van der Waals surface area contributed by atoms with Gasteiger partial charge in [-0.15, -0.1) is 0 Å². The Bertz CT molecular complexity index is 378. The van der Waals surface area contributed by atoms with Crippen LogP contribution in [0.15, 0.2) is 12.4 Å². The van der Waals surface area contributed by atoms with Crippen LogP contribution in [0, 0.1) is 0 Å². The van der Waals surface area contributed by atoms with Crippen LogP contribution in [0.4, 0.5) is 4.79 Å². The third-order valence-corrected chi connectivity index (χ3v) is 2.37. The largest absolute Gasteiger partial charge is 0.447 e. The Morgan fingerprint density at radius 3 is 2.80 bits per heavy atom. The second-order valence-corrected chi connectivity index (χ2v) is 4.68. The maximum absolute atomic E-state index is 10.9. The molecule has 1 N–H and O–H groups in total. The number of cyclic esters (lactones) is 1. The number of rotatable bonds is 1. The topological polar surface area (TPSA) is 56.1 Å². The van der Waals surface area contributed by atoms with Crippen LogP contribution in [0.1, 0.15) is 32.4 Å². The quantitative estimate of drug-likeness (QED) is 0.761. The van der Waals surface area contributed by atoms with Crippen LogP contribution in [0.25, 0.3) is 0 Å². The van der Waals surface area contributed by atoms with Gasteiger partial charge in [-0.05, 0) is 20.8 Å². The van der Waals surface area contributed by atoms with Crippen molar-refractivity contribution >= 4 is 6.09 Å². The molecule has 0 spiro atoms. The number of aromatic nitrogens is 2. The summed E-state index contributed by atoms with van der Waals surface area (Å²) in [5.74, 6) is 0. The fourth-order valence-electron chi connectivity index (χ4n) is 1.45. The first kappa shape index (κ1) is 10.0. The minimum atomic E-state index is -0.358. The summed E-state index contributed by atoms with van der Waals surface area (Å²) in [6, 6.07) is -0.0615. The number of nitrogens with zero attached hydrogens (tertiary/aromatic N) is 2. The number of carbonyl (C=O) groups is 1. The van der Waals surface area contributed by atoms with Crippen LogP contribution in [-0.4, -0.2) is 22.5 Å². The molecule has 0 aliphatic carbocycles. The summed E-state index contributed by atoms with van der Waals surface area (Å²) in [5.41, 5.74) is 0.942. The molecule has 1 amide bonds. The van der Waals surface area contributed by atoms with Crippen molar-refractivity contribution in [3.8, 4) is 0 Å². The highest BCUT2D eigenvalue weighted by molar-refractivity contribution is 5.69. The highest BCUT2D eigenvalue weighted by Gasteiger charge is 2.26. The molecular formula is C10H15N3O2. The molecule has 1 fully saturated rings. The van der Waals surface area contributed by atoms with Gasteiger partial charge in [0.2, 0.25) is 0 Å². The smallest absolute Gasteiger partial charge is 0.407 e. The van der Waals surface area contributed by atoms with Crippen molar-refractivity contribution in [2.75, 3.05) is 6.61 Å². The predicted molar refractivity (Wildman–Crippen MR) is 54.4 cm³/mol. The lowest BCUT2D eigenvalue weighted by atomic mass is 10.1. The molecule has 1 aliphatic rings. The van der Waals surface area contributed by atoms with E-state index in [1.165, 1.54) is 0 Å². The van der Waals surface area contributed by atoms with E-state index in [4.69, 9.17) is 4.74 Å². The molecule has 1 aliphatic heterocycles. The maximum atomic E-state index is 10.9. The molecule has 1 aromatic rings. The summed E-state index contributed by atoms with van der Waals surface area (Å²) >= 11 is 0. The predicted octanol–water partition coefficient (Wildman–Crippen LogP) is 1.42. The summed E-state index contributed by atoms with van der Waals surface area (Å²) in [7, 11) is 0. The van der Waals surface area contributed by atoms with E-state index >= 15 is 0 Å². The number of amides is 1. The number of hydrogen-bond acceptors (Lipinski definition) is 3. The van der Waals surface area contributed by atoms with Gasteiger partial charge in [0.25, 0.3) is 0 Å². The Labute approximate surface area is 88.4 Å². The average Bonchev–Trinajstić information content (AvgIpc) is 2.69. The summed E-state index contributed by atoms with van der Waals surface area (Å²) in [6.07, 6.45) is 3.35. The molecule has 2 heterocycles. The molecule has 0 radical (unpaired) electrons. The summed E-state index contributed by atoms with van der Waals surface area (Å²) in [4.78, 5) is 10.9. The molecule has 1 aromatic heterocycles. The highest BCUT2D eigenvalue weighted by atomic mass is 16.6. The number of alkyl carbamates (subject to hydrolysis) is 1. The van der Waals surface area contributed by atoms with Gasteiger partial charge in [-0.1, -0.05) is 0 Å². The van der Waals surface area contributed by atoms with E-state index in [1.54, 1.807) is 6.20 Å². The molecule has 0 bridgehead atoms. The molecule has 1 atom stereocenters. The third-order valence-electron chi connectivity index (χ3n) is 2.37. The minimum Gasteiger partial charge on any atom is -0.447 e. The fraction of sp³-hybridized carbons (Fsp3) is 0.600. The Morgan fingerprint density at radius 2 is 2.33 bits per heavy atom. The van der Waals surface area contributed by atoms with Gasteiger partial charge in [-0.2, -0.15) is 5.10 Å². The fourth-order valence-corrected chi connectivity index (χ4v) is 1.45. The number of nitrogens with one attached hydrogen (secondary N) is 1. The van der Waals surface area contributed by atoms with Gasteiger partial charge >= 0.3 is 6.09 Å². The van der Waals surface area contributed by atoms with Crippen LogP contribution in [0.3, 0.4) is 0 Å². The van der Waals surface area contributed by atoms with Crippen molar-refractivity contribution < 1.29 is 9.53 Å². The molecule has 2 rings (SSSR count). The summed E-state index contributed by atoms with van der Waals surface area (Å²) in [5, 5.41) is 6.99. The molecule has 82 valence electrons. The van der Waals surface area contributed by atoms with E-state index in [1.807, 2.05) is 10.9 Å². The Balaban J connectivity index is 2.17. The second kappa shape index (κ2) is 3.25. The van der Waals surface area contributed by atoms with Gasteiger partial charge in [-0.3, -0.25) is 4.68 Å². The minimum absolute atomic E-state index is 0.0400. The zero-order valence-electron chi connectivity index (χ0n) is 9.15. The lowest BCUT2D eigenvalue weighted by molar-refractivity contribution is 0.177. The van der Waals surface area contributed by atoms with Crippen molar-refractivity contribution in [2.45, 2.75) is 32.4 Å². The lowest BCUT2D eigenvalue weighted by Crippen LogP contribution is -2.22. The van der Waals surface area contributed by atoms with Gasteiger partial charge in [-0.25, -0.2) is 4.79 Å². The van der Waals surface area contributed by atoms with Crippen LogP contribution >= 0.6 is 0 Å². The van der Waals surface area contributed by atoms with Crippen molar-refractivity contribution in [3.05, 3.63) is 18.0 Å². The normalized spacial score (nSPS) is 21.3. The number of ether oxygens (including phenoxy) is 1. The summed E-state index contributed by atoms with van der Waals surface area (Å²) < 4.78 is 6.71. The van der Waals surface area contributed by atoms with E-state index in [2.05, 4.69) is 31.2 Å². The molecule has 1 saturated heterocycles. The Hall–Kier alpha value is -1.52. The van der Waals surface area contributed by atoms with Crippen LogP contribution in [0.2, 0.25) is 0 Å². The van der Waals surface area contributed by atoms with Crippen molar-refractivity contribution in [3.63, 3.8) is 0 Å². The molecule has 15 heavy (non-hydrogen) atoms. The van der Waals surface area contributed by atoms with Crippen LogP contribution < -0.4 is 5.32 Å². The molecule has 5 nitrogen and oxygen atoms in total. The molecule has 0 saturated carbocycles. The Morgan fingerprint density at radius 1 is 1.60 bits per heavy atom. The molecule has 1 unspecified atom stereocenters. The van der Waals surface area contributed by atoms with Crippen molar-refractivity contribution in [2.24, 2.45) is 0 Å². The van der Waals surface area contributed by atoms with Gasteiger partial charge in [0.1, 0.15) is 6.61 Å². The summed E-state index contributed by atoms with van der Waals surface area (Å²) in [6.45, 7) is 6.61. The molecule has 5 heteroatoms. The first-order valence-corrected chi connectivity index (χ1v) is 4.95. The molecule has 0 aromatic carbocycles. The molecular weight excluding hydrogens is 194 g/mol. The van der Waals surface area contributed by atoms with E-state index in [0.717, 1.165) is 5.56 Å². The van der Waals surface area contributed by atoms with Gasteiger partial charge in [0.15, 0.2) is 0 Å². The highest BCUT2D eigenvalue weighted by Crippen LogP contribution is 2.20. The first-order valence-electron chi connectivity index (χ1n) is 4.95. The zero-order chi connectivity index (χ0) is 11.1. The monoisotopic (exact) mass is 209 g/mol. The Kier molecular flexibility index (Phi) is 2.17. The standard InChI is InChI=1S/C10H15N3O2/c1-10(2,3)13-5-7(4-11-13)8-6-15-9(14)12-8/h4-5,8H,6H2,1-3H3,(H,12,14). The van der Waals surface area contributed by atoms with Crippen molar-refractivity contribution in [1.82, 2.24) is 15.1 Å². The van der Waals surface area contributed by atoms with Gasteiger partial charge in [0, 0.05) is 11.8 Å². The van der Waals surface area contributed by atoms with Gasteiger partial charge in [0.05, 0.1) is 17.8 Å². The average molecular weight is 209 g/mol. The van der Waals surface area contributed by atoms with E-state index in [0.29, 0.717) is 6.61 Å². The first-order chi connectivity index (χ1) is 6.97. The second-order valence-electron chi connectivity index (χ2n) is 4.68. The maximum Gasteiger partial charge on any atom is 0.407 e. The van der Waals surface area contributed by atoms with Gasteiger partial charge < -0.3 is 10.1 Å². The van der Waals surface area contributed by atoms with E-state index in [9.17, 15) is 4.79 Å². The number of hydrogen-bond donors (Lipinski definition) is 1. The van der Waals surface area contributed by atoms with Crippen LogP contribution in [0.5, 0.6) is 0 Å². The van der Waals surface area contributed by atoms with Crippen LogP contribution in [-0.2, 0) is 10.3 Å². The lowest BCUT2D eigenvalue weighted by Gasteiger charge is -2.18. The van der Waals surface area contributed by atoms with E-state index in [-0.39, 0.29) is 17.7 Å². The SMILES string of the molecule is CC(C)(C)n1cc(C2COC(=O)N2)cn1. The zero-order valence-corrected chi connectivity index (χ0v) is 9.15. The third kappa shape index (κ3) is 1.95.